The summed E-state index contributed by atoms with van der Waals surface area (Å²) in [4.78, 5) is 25.8. The number of aryl methyl sites for hydroxylation is 1. The van der Waals surface area contributed by atoms with E-state index in [9.17, 15) is 9.59 Å². The van der Waals surface area contributed by atoms with Crippen LogP contribution in [0.5, 0.6) is 0 Å². The van der Waals surface area contributed by atoms with Crippen molar-refractivity contribution in [3.8, 4) is 0 Å². The topological polar surface area (TPSA) is 58.2 Å². The van der Waals surface area contributed by atoms with Gasteiger partial charge in [0.25, 0.3) is 0 Å². The maximum atomic E-state index is 12.6. The number of ketones is 1. The fourth-order valence-electron chi connectivity index (χ4n) is 3.37. The molecule has 5 heteroatoms. The second-order valence-electron chi connectivity index (χ2n) is 7.34. The molecule has 0 unspecified atom stereocenters. The Labute approximate surface area is 182 Å². The molecule has 3 rings (SSSR count). The molecule has 156 valence electrons. The van der Waals surface area contributed by atoms with Gasteiger partial charge in [0.05, 0.1) is 18.6 Å². The van der Waals surface area contributed by atoms with E-state index in [4.69, 9.17) is 0 Å². The van der Waals surface area contributed by atoms with Gasteiger partial charge in [-0.05, 0) is 47.9 Å². The minimum absolute atomic E-state index is 0.0443. The van der Waals surface area contributed by atoms with Gasteiger partial charge in [-0.15, -0.1) is 11.3 Å². The molecule has 0 aliphatic carbocycles. The van der Waals surface area contributed by atoms with Gasteiger partial charge in [0.2, 0.25) is 5.91 Å². The third kappa shape index (κ3) is 6.12. The highest BCUT2D eigenvalue weighted by Gasteiger charge is 2.20. The summed E-state index contributed by atoms with van der Waals surface area (Å²) in [7, 11) is 0. The van der Waals surface area contributed by atoms with Gasteiger partial charge < -0.3 is 5.32 Å². The van der Waals surface area contributed by atoms with Crippen molar-refractivity contribution in [2.75, 3.05) is 6.54 Å². The Balaban J connectivity index is 1.65. The van der Waals surface area contributed by atoms with Crippen molar-refractivity contribution >= 4 is 23.0 Å². The van der Waals surface area contributed by atoms with E-state index in [1.807, 2.05) is 41.8 Å². The van der Waals surface area contributed by atoms with Crippen LogP contribution in [0.15, 0.2) is 72.1 Å². The number of hydrogen-bond donors (Lipinski definition) is 2. The Kier molecular flexibility index (Phi) is 7.94. The molecule has 4 nitrogen and oxygen atoms in total. The van der Waals surface area contributed by atoms with Crippen LogP contribution in [0, 0.1) is 0 Å². The van der Waals surface area contributed by atoms with E-state index < -0.39 is 6.04 Å². The highest BCUT2D eigenvalue weighted by molar-refractivity contribution is 7.10. The van der Waals surface area contributed by atoms with Gasteiger partial charge in [0.1, 0.15) is 0 Å². The molecular weight excluding hydrogens is 392 g/mol. The maximum absolute atomic E-state index is 12.6. The second kappa shape index (κ2) is 10.9. The van der Waals surface area contributed by atoms with Crippen molar-refractivity contribution in [1.29, 1.82) is 0 Å². The molecule has 0 radical (unpaired) electrons. The third-order valence-corrected chi connectivity index (χ3v) is 6.06. The van der Waals surface area contributed by atoms with Crippen LogP contribution in [0.2, 0.25) is 0 Å². The lowest BCUT2D eigenvalue weighted by molar-refractivity contribution is -0.126. The first-order valence-corrected chi connectivity index (χ1v) is 11.1. The zero-order chi connectivity index (χ0) is 21.3. The number of rotatable bonds is 10. The van der Waals surface area contributed by atoms with Gasteiger partial charge in [-0.1, -0.05) is 67.6 Å². The predicted molar refractivity (Wildman–Crippen MR) is 123 cm³/mol. The number of hydrogen-bond acceptors (Lipinski definition) is 4. The van der Waals surface area contributed by atoms with E-state index in [1.165, 1.54) is 12.5 Å². The van der Waals surface area contributed by atoms with Gasteiger partial charge in [0, 0.05) is 4.88 Å². The molecule has 2 N–H and O–H groups in total. The summed E-state index contributed by atoms with van der Waals surface area (Å²) in [6.45, 7) is 3.79. The van der Waals surface area contributed by atoms with E-state index in [-0.39, 0.29) is 24.3 Å². The van der Waals surface area contributed by atoms with Gasteiger partial charge in [0.15, 0.2) is 5.78 Å². The highest BCUT2D eigenvalue weighted by Crippen LogP contribution is 2.26. The summed E-state index contributed by atoms with van der Waals surface area (Å²) >= 11 is 1.66. The number of amides is 1. The van der Waals surface area contributed by atoms with Crippen LogP contribution in [0.4, 0.5) is 0 Å². The zero-order valence-electron chi connectivity index (χ0n) is 17.4. The smallest absolute Gasteiger partial charge is 0.234 e. The molecule has 0 aliphatic heterocycles. The number of nitrogens with one attached hydrogen (secondary N) is 2. The molecule has 1 aromatic heterocycles. The van der Waals surface area contributed by atoms with Crippen molar-refractivity contribution < 1.29 is 9.59 Å². The standard InChI is InChI=1S/C25H28N2O2S/c1-3-19-11-13-21(14-12-19)25(23-10-7-15-30-23)26-17-24(29)27-22(18(2)28)16-20-8-5-4-6-9-20/h4-15,22,25-26H,3,16-17H2,1-2H3,(H,27,29)/t22-,25-/m0/s1. The molecule has 0 aliphatic rings. The van der Waals surface area contributed by atoms with Crippen LogP contribution in [0.1, 0.15) is 41.5 Å². The van der Waals surface area contributed by atoms with Crippen LogP contribution in [-0.2, 0) is 22.4 Å². The molecule has 0 saturated carbocycles. The van der Waals surface area contributed by atoms with Crippen LogP contribution in [0.3, 0.4) is 0 Å². The van der Waals surface area contributed by atoms with E-state index in [0.29, 0.717) is 6.42 Å². The normalized spacial score (nSPS) is 12.9. The van der Waals surface area contributed by atoms with Crippen LogP contribution in [-0.4, -0.2) is 24.3 Å². The largest absolute Gasteiger partial charge is 0.345 e. The van der Waals surface area contributed by atoms with Crippen LogP contribution < -0.4 is 10.6 Å². The van der Waals surface area contributed by atoms with Crippen LogP contribution in [0.25, 0.3) is 0 Å². The number of carbonyl (C=O) groups excluding carboxylic acids is 2. The summed E-state index contributed by atoms with van der Waals surface area (Å²) in [5.41, 5.74) is 3.43. The van der Waals surface area contributed by atoms with Crippen molar-refractivity contribution in [3.63, 3.8) is 0 Å². The fraction of sp³-hybridized carbons (Fsp3) is 0.280. The SMILES string of the molecule is CCc1ccc([C@H](NCC(=O)N[C@@H](Cc2ccccc2)C(C)=O)c2cccs2)cc1. The second-order valence-corrected chi connectivity index (χ2v) is 8.32. The zero-order valence-corrected chi connectivity index (χ0v) is 18.2. The number of thiophene rings is 1. The molecule has 0 fully saturated rings. The van der Waals surface area contributed by atoms with Crippen molar-refractivity contribution in [3.05, 3.63) is 93.7 Å². The van der Waals surface area contributed by atoms with E-state index in [2.05, 4.69) is 47.9 Å². The molecule has 3 aromatic rings. The molecule has 2 atom stereocenters. The lowest BCUT2D eigenvalue weighted by atomic mass is 10.0. The molecule has 30 heavy (non-hydrogen) atoms. The highest BCUT2D eigenvalue weighted by atomic mass is 32.1. The van der Waals surface area contributed by atoms with Crippen molar-refractivity contribution in [2.45, 2.75) is 38.8 Å². The van der Waals surface area contributed by atoms with Gasteiger partial charge >= 0.3 is 0 Å². The first-order chi connectivity index (χ1) is 14.6. The fourth-order valence-corrected chi connectivity index (χ4v) is 4.20. The summed E-state index contributed by atoms with van der Waals surface area (Å²) in [5, 5.41) is 8.30. The van der Waals surface area contributed by atoms with Gasteiger partial charge in [-0.3, -0.25) is 14.9 Å². The molecule has 0 spiro atoms. The lowest BCUT2D eigenvalue weighted by Gasteiger charge is -2.20. The molecule has 0 bridgehead atoms. The average molecular weight is 421 g/mol. The van der Waals surface area contributed by atoms with E-state index in [1.54, 1.807) is 11.3 Å². The number of benzene rings is 2. The Morgan fingerprint density at radius 1 is 0.933 bits per heavy atom. The minimum Gasteiger partial charge on any atom is -0.345 e. The van der Waals surface area contributed by atoms with Crippen LogP contribution >= 0.6 is 11.3 Å². The quantitative estimate of drug-likeness (QED) is 0.514. The lowest BCUT2D eigenvalue weighted by Crippen LogP contribution is -2.45. The number of carbonyl (C=O) groups is 2. The Morgan fingerprint density at radius 2 is 1.67 bits per heavy atom. The Morgan fingerprint density at radius 3 is 2.27 bits per heavy atom. The molecule has 0 saturated heterocycles. The third-order valence-electron chi connectivity index (χ3n) is 5.12. The van der Waals surface area contributed by atoms with Crippen molar-refractivity contribution in [1.82, 2.24) is 10.6 Å². The Hall–Kier alpha value is -2.76. The predicted octanol–water partition coefficient (Wildman–Crippen LogP) is 4.31. The monoisotopic (exact) mass is 420 g/mol. The first kappa shape index (κ1) is 21.9. The first-order valence-electron chi connectivity index (χ1n) is 10.3. The summed E-state index contributed by atoms with van der Waals surface area (Å²) in [6.07, 6.45) is 1.49. The average Bonchev–Trinajstić information content (AvgIpc) is 3.29. The summed E-state index contributed by atoms with van der Waals surface area (Å²) < 4.78 is 0. The molecule has 1 amide bonds. The molecule has 1 heterocycles. The Bertz CT molecular complexity index is 937. The number of Topliss-reactive ketones (excluding diaryl/α,β-unsaturated/α-hetero) is 1. The van der Waals surface area contributed by atoms with E-state index >= 15 is 0 Å². The van der Waals surface area contributed by atoms with Gasteiger partial charge in [-0.25, -0.2) is 0 Å². The van der Waals surface area contributed by atoms with Crippen molar-refractivity contribution in [2.24, 2.45) is 0 Å². The minimum atomic E-state index is -0.522. The summed E-state index contributed by atoms with van der Waals surface area (Å²) in [6, 6.07) is 21.7. The maximum Gasteiger partial charge on any atom is 0.234 e. The summed E-state index contributed by atoms with van der Waals surface area (Å²) in [5.74, 6) is -0.227. The molecular formula is C25H28N2O2S. The van der Waals surface area contributed by atoms with Gasteiger partial charge in [-0.2, -0.15) is 0 Å². The van der Waals surface area contributed by atoms with E-state index in [0.717, 1.165) is 22.4 Å². The molecule has 2 aromatic carbocycles.